The van der Waals surface area contributed by atoms with E-state index in [0.717, 1.165) is 4.90 Å². The SMILES string of the molecule is O=C(CCCN1C(=O)c2ccccc2C1=O)NC(=S)NC(Cc1ccc(O)cc1)C(=O)O. The highest BCUT2D eigenvalue weighted by molar-refractivity contribution is 7.80. The van der Waals surface area contributed by atoms with Crippen LogP contribution in [0.15, 0.2) is 48.5 Å². The fourth-order valence-electron chi connectivity index (χ4n) is 3.29. The first-order valence-corrected chi connectivity index (χ1v) is 10.2. The van der Waals surface area contributed by atoms with E-state index in [0.29, 0.717) is 16.7 Å². The van der Waals surface area contributed by atoms with Crippen molar-refractivity contribution in [3.8, 4) is 5.75 Å². The van der Waals surface area contributed by atoms with E-state index in [2.05, 4.69) is 10.6 Å². The molecule has 0 aliphatic carbocycles. The standard InChI is InChI=1S/C22H21N3O6S/c26-14-9-7-13(8-10-14)12-17(21(30)31)23-22(32)24-18(27)6-3-11-25-19(28)15-4-1-2-5-16(15)20(25)29/h1-2,4-5,7-10,17,26H,3,6,11-12H2,(H,30,31)(H2,23,24,27,32). The van der Waals surface area contributed by atoms with Crippen LogP contribution in [0.1, 0.15) is 39.1 Å². The Morgan fingerprint density at radius 1 is 1.00 bits per heavy atom. The van der Waals surface area contributed by atoms with Gasteiger partial charge < -0.3 is 20.8 Å². The highest BCUT2D eigenvalue weighted by Crippen LogP contribution is 2.22. The van der Waals surface area contributed by atoms with Gasteiger partial charge in [0.2, 0.25) is 5.91 Å². The summed E-state index contributed by atoms with van der Waals surface area (Å²) in [6.07, 6.45) is 0.312. The van der Waals surface area contributed by atoms with E-state index < -0.39 is 17.9 Å². The van der Waals surface area contributed by atoms with Crippen LogP contribution < -0.4 is 10.6 Å². The van der Waals surface area contributed by atoms with Crippen LogP contribution in [0.4, 0.5) is 0 Å². The normalized spacial score (nSPS) is 13.4. The number of amides is 3. The van der Waals surface area contributed by atoms with Crippen molar-refractivity contribution in [2.75, 3.05) is 6.54 Å². The number of carboxylic acid groups (broad SMARTS) is 1. The molecule has 1 unspecified atom stereocenters. The molecule has 3 rings (SSSR count). The molecular formula is C22H21N3O6S. The summed E-state index contributed by atoms with van der Waals surface area (Å²) in [5.41, 5.74) is 1.36. The highest BCUT2D eigenvalue weighted by Gasteiger charge is 2.34. The number of benzene rings is 2. The quantitative estimate of drug-likeness (QED) is 0.347. The molecule has 0 spiro atoms. The number of carbonyl (C=O) groups is 4. The number of hydrogen-bond acceptors (Lipinski definition) is 6. The van der Waals surface area contributed by atoms with Crippen LogP contribution in [0, 0.1) is 0 Å². The summed E-state index contributed by atoms with van der Waals surface area (Å²) in [6, 6.07) is 11.5. The first kappa shape index (κ1) is 22.9. The van der Waals surface area contributed by atoms with Gasteiger partial charge in [-0.2, -0.15) is 0 Å². The molecule has 2 aromatic carbocycles. The second kappa shape index (κ2) is 10.0. The van der Waals surface area contributed by atoms with E-state index in [4.69, 9.17) is 12.2 Å². The van der Waals surface area contributed by atoms with Gasteiger partial charge in [-0.25, -0.2) is 4.79 Å². The molecule has 3 amide bonds. The van der Waals surface area contributed by atoms with Gasteiger partial charge in [-0.05, 0) is 48.5 Å². The maximum atomic E-state index is 12.3. The fraction of sp³-hybridized carbons (Fsp3) is 0.227. The lowest BCUT2D eigenvalue weighted by Crippen LogP contribution is -2.48. The van der Waals surface area contributed by atoms with Gasteiger partial charge >= 0.3 is 5.97 Å². The summed E-state index contributed by atoms with van der Waals surface area (Å²) in [6.45, 7) is 0.0819. The average molecular weight is 455 g/mol. The summed E-state index contributed by atoms with van der Waals surface area (Å²) >= 11 is 5.04. The maximum absolute atomic E-state index is 12.3. The number of aliphatic carboxylic acids is 1. The number of nitrogens with one attached hydrogen (secondary N) is 2. The molecule has 0 radical (unpaired) electrons. The number of nitrogens with zero attached hydrogens (tertiary/aromatic N) is 1. The van der Waals surface area contributed by atoms with Gasteiger partial charge in [-0.3, -0.25) is 19.3 Å². The zero-order valence-electron chi connectivity index (χ0n) is 16.9. The Balaban J connectivity index is 1.45. The Kier molecular flexibility index (Phi) is 7.16. The van der Waals surface area contributed by atoms with Crippen molar-refractivity contribution < 1.29 is 29.4 Å². The molecule has 166 valence electrons. The molecule has 1 heterocycles. The molecule has 1 aliphatic heterocycles. The molecule has 4 N–H and O–H groups in total. The summed E-state index contributed by atoms with van der Waals surface area (Å²) < 4.78 is 0. The lowest BCUT2D eigenvalue weighted by Gasteiger charge is -2.17. The van der Waals surface area contributed by atoms with Crippen molar-refractivity contribution in [2.24, 2.45) is 0 Å². The van der Waals surface area contributed by atoms with Crippen LogP contribution in [-0.2, 0) is 16.0 Å². The number of phenols is 1. The molecule has 1 atom stereocenters. The number of carbonyl (C=O) groups excluding carboxylic acids is 3. The van der Waals surface area contributed by atoms with Crippen LogP contribution >= 0.6 is 12.2 Å². The zero-order chi connectivity index (χ0) is 23.3. The Morgan fingerprint density at radius 3 is 2.16 bits per heavy atom. The Morgan fingerprint density at radius 2 is 1.59 bits per heavy atom. The molecule has 10 heteroatoms. The van der Waals surface area contributed by atoms with Crippen LogP contribution in [0.3, 0.4) is 0 Å². The van der Waals surface area contributed by atoms with E-state index in [1.165, 1.54) is 12.1 Å². The molecule has 9 nitrogen and oxygen atoms in total. The third-order valence-corrected chi connectivity index (χ3v) is 5.12. The molecule has 1 aliphatic rings. The Hall–Kier alpha value is -3.79. The lowest BCUT2D eigenvalue weighted by molar-refractivity contribution is -0.139. The molecule has 0 aromatic heterocycles. The van der Waals surface area contributed by atoms with Crippen LogP contribution in [0.25, 0.3) is 0 Å². The highest BCUT2D eigenvalue weighted by atomic mass is 32.1. The smallest absolute Gasteiger partial charge is 0.326 e. The summed E-state index contributed by atoms with van der Waals surface area (Å²) in [4.78, 5) is 49.4. The average Bonchev–Trinajstić information content (AvgIpc) is 2.99. The molecular weight excluding hydrogens is 434 g/mol. The van der Waals surface area contributed by atoms with Gasteiger partial charge in [-0.15, -0.1) is 0 Å². The fourth-order valence-corrected chi connectivity index (χ4v) is 3.55. The Bertz CT molecular complexity index is 1030. The number of phenolic OH excluding ortho intramolecular Hbond substituents is 1. The molecule has 0 saturated heterocycles. The van der Waals surface area contributed by atoms with E-state index in [9.17, 15) is 29.4 Å². The second-order valence-electron chi connectivity index (χ2n) is 7.19. The lowest BCUT2D eigenvalue weighted by atomic mass is 10.1. The molecule has 0 fully saturated rings. The zero-order valence-corrected chi connectivity index (χ0v) is 17.7. The first-order valence-electron chi connectivity index (χ1n) is 9.82. The third-order valence-electron chi connectivity index (χ3n) is 4.90. The number of imide groups is 1. The minimum absolute atomic E-state index is 0.00900. The third kappa shape index (κ3) is 5.46. The van der Waals surface area contributed by atoms with E-state index in [1.54, 1.807) is 36.4 Å². The molecule has 2 aromatic rings. The van der Waals surface area contributed by atoms with Gasteiger partial charge in [0.15, 0.2) is 5.11 Å². The summed E-state index contributed by atoms with van der Waals surface area (Å²) in [7, 11) is 0. The second-order valence-corrected chi connectivity index (χ2v) is 7.60. The summed E-state index contributed by atoms with van der Waals surface area (Å²) in [5.74, 6) is -2.32. The van der Waals surface area contributed by atoms with Gasteiger partial charge in [0.05, 0.1) is 11.1 Å². The minimum atomic E-state index is -1.15. The predicted molar refractivity (Wildman–Crippen MR) is 118 cm³/mol. The van der Waals surface area contributed by atoms with E-state index in [-0.39, 0.29) is 48.5 Å². The number of hydrogen-bond donors (Lipinski definition) is 4. The van der Waals surface area contributed by atoms with Gasteiger partial charge in [0.25, 0.3) is 11.8 Å². The molecule has 0 bridgehead atoms. The van der Waals surface area contributed by atoms with Crippen LogP contribution in [-0.4, -0.2) is 56.5 Å². The monoisotopic (exact) mass is 455 g/mol. The molecule has 32 heavy (non-hydrogen) atoms. The van der Waals surface area contributed by atoms with Crippen molar-refractivity contribution in [1.82, 2.24) is 15.5 Å². The van der Waals surface area contributed by atoms with Crippen molar-refractivity contribution in [3.63, 3.8) is 0 Å². The van der Waals surface area contributed by atoms with E-state index in [1.807, 2.05) is 0 Å². The number of aromatic hydroxyl groups is 1. The topological polar surface area (TPSA) is 136 Å². The minimum Gasteiger partial charge on any atom is -0.508 e. The van der Waals surface area contributed by atoms with Crippen molar-refractivity contribution in [1.29, 1.82) is 0 Å². The van der Waals surface area contributed by atoms with Gasteiger partial charge in [0.1, 0.15) is 11.8 Å². The largest absolute Gasteiger partial charge is 0.508 e. The van der Waals surface area contributed by atoms with Crippen molar-refractivity contribution in [3.05, 3.63) is 65.2 Å². The maximum Gasteiger partial charge on any atom is 0.326 e. The van der Waals surface area contributed by atoms with Crippen molar-refractivity contribution >= 4 is 41.0 Å². The van der Waals surface area contributed by atoms with E-state index >= 15 is 0 Å². The predicted octanol–water partition coefficient (Wildman–Crippen LogP) is 1.45. The number of carboxylic acids is 1. The van der Waals surface area contributed by atoms with Gasteiger partial charge in [-0.1, -0.05) is 24.3 Å². The van der Waals surface area contributed by atoms with Crippen molar-refractivity contribution in [2.45, 2.75) is 25.3 Å². The first-order chi connectivity index (χ1) is 15.3. The summed E-state index contributed by atoms with van der Waals surface area (Å²) in [5, 5.41) is 23.6. The van der Waals surface area contributed by atoms with Crippen LogP contribution in [0.2, 0.25) is 0 Å². The molecule has 0 saturated carbocycles. The van der Waals surface area contributed by atoms with Crippen LogP contribution in [0.5, 0.6) is 5.75 Å². The number of rotatable bonds is 8. The number of thiocarbonyl (C=S) groups is 1. The Labute approximate surface area is 189 Å². The number of fused-ring (bicyclic) bond motifs is 1. The van der Waals surface area contributed by atoms with Gasteiger partial charge in [0, 0.05) is 19.4 Å².